The maximum absolute atomic E-state index is 10.7. The van der Waals surface area contributed by atoms with Gasteiger partial charge in [-0.25, -0.2) is 0 Å². The van der Waals surface area contributed by atoms with Crippen LogP contribution < -0.4 is 5.32 Å². The highest BCUT2D eigenvalue weighted by Gasteiger charge is 2.12. The molecule has 0 bridgehead atoms. The lowest BCUT2D eigenvalue weighted by Crippen LogP contribution is -2.04. The highest BCUT2D eigenvalue weighted by Crippen LogP contribution is 2.27. The van der Waals surface area contributed by atoms with Gasteiger partial charge in [0, 0.05) is 17.6 Å². The van der Waals surface area contributed by atoms with E-state index in [0.717, 1.165) is 25.8 Å². The maximum Gasteiger partial charge on any atom is 0.292 e. The third-order valence-corrected chi connectivity index (χ3v) is 2.49. The molecule has 1 N–H and O–H groups in total. The molecule has 0 unspecified atom stereocenters. The molecule has 0 aliphatic rings. The van der Waals surface area contributed by atoms with Crippen LogP contribution in [0.1, 0.15) is 26.2 Å². The molecule has 0 atom stereocenters. The predicted octanol–water partition coefficient (Wildman–Crippen LogP) is 3.85. The monoisotopic (exact) mass is 242 g/mol. The molecular weight excluding hydrogens is 228 g/mol. The fourth-order valence-electron chi connectivity index (χ4n) is 1.41. The summed E-state index contributed by atoms with van der Waals surface area (Å²) in [6.07, 6.45) is 3.24. The molecule has 16 heavy (non-hydrogen) atoms. The lowest BCUT2D eigenvalue weighted by molar-refractivity contribution is -0.384. The zero-order valence-corrected chi connectivity index (χ0v) is 9.96. The minimum atomic E-state index is -0.404. The molecule has 88 valence electrons. The van der Waals surface area contributed by atoms with Gasteiger partial charge in [0.25, 0.3) is 5.69 Å². The van der Waals surface area contributed by atoms with Gasteiger partial charge in [0.05, 0.1) is 4.92 Å². The van der Waals surface area contributed by atoms with Crippen LogP contribution in [-0.2, 0) is 0 Å². The smallest absolute Gasteiger partial charge is 0.292 e. The zero-order chi connectivity index (χ0) is 12.0. The summed E-state index contributed by atoms with van der Waals surface area (Å²) in [5.41, 5.74) is 0.564. The summed E-state index contributed by atoms with van der Waals surface area (Å²) in [7, 11) is 0. The van der Waals surface area contributed by atoms with E-state index in [1.807, 2.05) is 0 Å². The first-order valence-corrected chi connectivity index (χ1v) is 5.70. The van der Waals surface area contributed by atoms with E-state index in [1.54, 1.807) is 6.07 Å². The van der Waals surface area contributed by atoms with Crippen LogP contribution in [-0.4, -0.2) is 11.5 Å². The SMILES string of the molecule is CCCCCNc1cc(Cl)ccc1[N+](=O)[O-]. The van der Waals surface area contributed by atoms with Gasteiger partial charge in [-0.15, -0.1) is 0 Å². The van der Waals surface area contributed by atoms with Gasteiger partial charge in [-0.2, -0.15) is 0 Å². The number of rotatable bonds is 6. The molecule has 5 heteroatoms. The lowest BCUT2D eigenvalue weighted by atomic mass is 10.2. The Kier molecular flexibility index (Phi) is 5.05. The third-order valence-electron chi connectivity index (χ3n) is 2.25. The number of benzene rings is 1. The summed E-state index contributed by atoms with van der Waals surface area (Å²) in [6, 6.07) is 4.53. The topological polar surface area (TPSA) is 55.2 Å². The van der Waals surface area contributed by atoms with Crippen LogP contribution in [0.5, 0.6) is 0 Å². The molecule has 0 aliphatic heterocycles. The molecule has 0 saturated carbocycles. The number of hydrogen-bond donors (Lipinski definition) is 1. The number of halogens is 1. The summed E-state index contributed by atoms with van der Waals surface area (Å²) >= 11 is 5.80. The van der Waals surface area contributed by atoms with Crippen LogP contribution in [0.15, 0.2) is 18.2 Å². The predicted molar refractivity (Wildman–Crippen MR) is 66.1 cm³/mol. The molecule has 4 nitrogen and oxygen atoms in total. The molecule has 0 heterocycles. The van der Waals surface area contributed by atoms with Crippen molar-refractivity contribution in [3.8, 4) is 0 Å². The second-order valence-corrected chi connectivity index (χ2v) is 3.99. The Morgan fingerprint density at radius 2 is 2.19 bits per heavy atom. The van der Waals surface area contributed by atoms with Crippen molar-refractivity contribution in [1.82, 2.24) is 0 Å². The fraction of sp³-hybridized carbons (Fsp3) is 0.455. The first-order chi connectivity index (χ1) is 7.65. The molecule has 0 aliphatic carbocycles. The Hall–Kier alpha value is -1.29. The van der Waals surface area contributed by atoms with Crippen LogP contribution in [0.2, 0.25) is 5.02 Å². The quantitative estimate of drug-likeness (QED) is 0.468. The molecule has 0 amide bonds. The van der Waals surface area contributed by atoms with Gasteiger partial charge < -0.3 is 5.32 Å². The van der Waals surface area contributed by atoms with Crippen LogP contribution in [0, 0.1) is 10.1 Å². The second-order valence-electron chi connectivity index (χ2n) is 3.55. The van der Waals surface area contributed by atoms with Crippen LogP contribution >= 0.6 is 11.6 Å². The van der Waals surface area contributed by atoms with Crippen molar-refractivity contribution < 1.29 is 4.92 Å². The number of nitrogens with one attached hydrogen (secondary N) is 1. The van der Waals surface area contributed by atoms with E-state index >= 15 is 0 Å². The third kappa shape index (κ3) is 3.70. The molecule has 0 radical (unpaired) electrons. The molecule has 1 aromatic rings. The minimum absolute atomic E-state index is 0.0703. The van der Waals surface area contributed by atoms with Crippen molar-refractivity contribution in [2.45, 2.75) is 26.2 Å². The first kappa shape index (κ1) is 12.8. The molecule has 0 spiro atoms. The number of hydrogen-bond acceptors (Lipinski definition) is 3. The van der Waals surface area contributed by atoms with E-state index in [-0.39, 0.29) is 5.69 Å². The number of anilines is 1. The Labute approximate surface area is 99.8 Å². The van der Waals surface area contributed by atoms with Gasteiger partial charge in [0.1, 0.15) is 5.69 Å². The Bertz CT molecular complexity index is 369. The minimum Gasteiger partial charge on any atom is -0.379 e. The van der Waals surface area contributed by atoms with E-state index < -0.39 is 4.92 Å². The molecular formula is C11H15ClN2O2. The Balaban J connectivity index is 2.68. The fourth-order valence-corrected chi connectivity index (χ4v) is 1.58. The van der Waals surface area contributed by atoms with E-state index in [9.17, 15) is 10.1 Å². The highest BCUT2D eigenvalue weighted by molar-refractivity contribution is 6.31. The molecule has 0 fully saturated rings. The summed E-state index contributed by atoms with van der Waals surface area (Å²) < 4.78 is 0. The standard InChI is InChI=1S/C11H15ClN2O2/c1-2-3-4-7-13-10-8-9(12)5-6-11(10)14(15)16/h5-6,8,13H,2-4,7H2,1H3. The van der Waals surface area contributed by atoms with Crippen LogP contribution in [0.25, 0.3) is 0 Å². The van der Waals surface area contributed by atoms with Gasteiger partial charge in [0.2, 0.25) is 0 Å². The van der Waals surface area contributed by atoms with Crippen molar-refractivity contribution in [2.24, 2.45) is 0 Å². The summed E-state index contributed by atoms with van der Waals surface area (Å²) in [6.45, 7) is 2.84. The van der Waals surface area contributed by atoms with E-state index in [4.69, 9.17) is 11.6 Å². The molecule has 1 rings (SSSR count). The van der Waals surface area contributed by atoms with Crippen molar-refractivity contribution in [2.75, 3.05) is 11.9 Å². The summed E-state index contributed by atoms with van der Waals surface area (Å²) in [5.74, 6) is 0. The van der Waals surface area contributed by atoms with Crippen molar-refractivity contribution in [3.63, 3.8) is 0 Å². The normalized spacial score (nSPS) is 10.1. The largest absolute Gasteiger partial charge is 0.379 e. The average Bonchev–Trinajstić information content (AvgIpc) is 2.24. The van der Waals surface area contributed by atoms with Crippen molar-refractivity contribution >= 4 is 23.0 Å². The average molecular weight is 243 g/mol. The van der Waals surface area contributed by atoms with Gasteiger partial charge in [-0.05, 0) is 18.6 Å². The second kappa shape index (κ2) is 6.33. The van der Waals surface area contributed by atoms with E-state index in [1.165, 1.54) is 12.1 Å². The van der Waals surface area contributed by atoms with Crippen molar-refractivity contribution in [1.29, 1.82) is 0 Å². The van der Waals surface area contributed by atoms with Crippen molar-refractivity contribution in [3.05, 3.63) is 33.3 Å². The maximum atomic E-state index is 10.7. The Morgan fingerprint density at radius 3 is 2.81 bits per heavy atom. The lowest BCUT2D eigenvalue weighted by Gasteiger charge is -2.06. The number of nitro benzene ring substituents is 1. The number of unbranched alkanes of at least 4 members (excludes halogenated alkanes) is 2. The van der Waals surface area contributed by atoms with Crippen LogP contribution in [0.4, 0.5) is 11.4 Å². The summed E-state index contributed by atoms with van der Waals surface area (Å²) in [4.78, 5) is 10.3. The zero-order valence-electron chi connectivity index (χ0n) is 9.20. The van der Waals surface area contributed by atoms with Gasteiger partial charge in [0.15, 0.2) is 0 Å². The van der Waals surface area contributed by atoms with E-state index in [2.05, 4.69) is 12.2 Å². The van der Waals surface area contributed by atoms with Gasteiger partial charge in [-0.1, -0.05) is 31.4 Å². The Morgan fingerprint density at radius 1 is 1.44 bits per heavy atom. The number of nitrogens with zero attached hydrogens (tertiary/aromatic N) is 1. The highest BCUT2D eigenvalue weighted by atomic mass is 35.5. The van der Waals surface area contributed by atoms with Crippen LogP contribution in [0.3, 0.4) is 0 Å². The molecule has 1 aromatic carbocycles. The number of nitro groups is 1. The molecule has 0 saturated heterocycles. The molecule has 0 aromatic heterocycles. The van der Waals surface area contributed by atoms with Gasteiger partial charge in [-0.3, -0.25) is 10.1 Å². The summed E-state index contributed by atoms with van der Waals surface area (Å²) in [5, 5.41) is 14.3. The van der Waals surface area contributed by atoms with Gasteiger partial charge >= 0.3 is 0 Å². The van der Waals surface area contributed by atoms with E-state index in [0.29, 0.717) is 10.7 Å². The first-order valence-electron chi connectivity index (χ1n) is 5.33.